The van der Waals surface area contributed by atoms with Gasteiger partial charge in [0.1, 0.15) is 17.3 Å². The molecule has 4 atom stereocenters. The molecule has 5 nitrogen and oxygen atoms in total. The van der Waals surface area contributed by atoms with Crippen LogP contribution in [0, 0.1) is 11.2 Å². The van der Waals surface area contributed by atoms with Gasteiger partial charge in [0.2, 0.25) is 5.91 Å². The van der Waals surface area contributed by atoms with Crippen molar-refractivity contribution in [2.75, 3.05) is 5.32 Å². The predicted octanol–water partition coefficient (Wildman–Crippen LogP) is 4.97. The number of nitrogens with one attached hydrogen (secondary N) is 2. The lowest BCUT2D eigenvalue weighted by Crippen LogP contribution is -2.49. The number of halogens is 3. The topological polar surface area (TPSA) is 78.4 Å². The van der Waals surface area contributed by atoms with Gasteiger partial charge in [-0.2, -0.15) is 0 Å². The van der Waals surface area contributed by atoms with Crippen LogP contribution in [0.5, 0.6) is 0 Å². The Kier molecular flexibility index (Phi) is 5.31. The van der Waals surface area contributed by atoms with Gasteiger partial charge in [-0.25, -0.2) is 4.39 Å². The van der Waals surface area contributed by atoms with Crippen LogP contribution in [0.2, 0.25) is 10.0 Å². The van der Waals surface area contributed by atoms with Crippen molar-refractivity contribution in [1.29, 1.82) is 0 Å². The molecule has 0 aromatic heterocycles. The van der Waals surface area contributed by atoms with Gasteiger partial charge in [0.25, 0.3) is 0 Å². The fourth-order valence-electron chi connectivity index (χ4n) is 5.14. The number of anilines is 1. The van der Waals surface area contributed by atoms with Crippen LogP contribution < -0.4 is 10.6 Å². The molecule has 3 N–H and O–H groups in total. The van der Waals surface area contributed by atoms with Crippen molar-refractivity contribution in [1.82, 2.24) is 5.32 Å². The van der Waals surface area contributed by atoms with Gasteiger partial charge < -0.3 is 10.4 Å². The smallest absolute Gasteiger partial charge is 0.321 e. The molecule has 0 aliphatic carbocycles. The molecule has 2 heterocycles. The third-order valence-electron chi connectivity index (χ3n) is 6.20. The van der Waals surface area contributed by atoms with Crippen molar-refractivity contribution in [3.8, 4) is 0 Å². The Balaban J connectivity index is 2.04. The predicted molar refractivity (Wildman–Crippen MR) is 118 cm³/mol. The lowest BCUT2D eigenvalue weighted by molar-refractivity contribution is -0.139. The number of carboxylic acids is 1. The van der Waals surface area contributed by atoms with E-state index in [1.54, 1.807) is 24.3 Å². The number of benzene rings is 2. The van der Waals surface area contributed by atoms with E-state index in [1.165, 1.54) is 12.1 Å². The maximum absolute atomic E-state index is 15.3. The van der Waals surface area contributed by atoms with Gasteiger partial charge in [0.15, 0.2) is 0 Å². The van der Waals surface area contributed by atoms with Gasteiger partial charge in [0, 0.05) is 22.7 Å². The first-order valence-electron chi connectivity index (χ1n) is 10.0. The summed E-state index contributed by atoms with van der Waals surface area (Å²) in [6.07, 6.45) is 0.491. The molecule has 0 bridgehead atoms. The number of aliphatic carboxylic acids is 1. The fourth-order valence-corrected chi connectivity index (χ4v) is 5.49. The summed E-state index contributed by atoms with van der Waals surface area (Å²) in [6, 6.07) is 7.76. The summed E-state index contributed by atoms with van der Waals surface area (Å²) >= 11 is 12.2. The molecule has 2 aromatic carbocycles. The summed E-state index contributed by atoms with van der Waals surface area (Å²) in [5.41, 5.74) is -0.359. The lowest BCUT2D eigenvalue weighted by atomic mass is 9.62. The molecule has 164 valence electrons. The SMILES string of the molecule is CC(C)(C)C[C@H]1N[C@@H](C(=O)O)[C@@H](c2cccc(Cl)c2F)[C@@]12C(=O)Nc1cc(Cl)ccc12. The van der Waals surface area contributed by atoms with Crippen LogP contribution >= 0.6 is 23.2 Å². The Morgan fingerprint density at radius 3 is 2.58 bits per heavy atom. The van der Waals surface area contributed by atoms with Crippen molar-refractivity contribution in [3.63, 3.8) is 0 Å². The Morgan fingerprint density at radius 2 is 1.94 bits per heavy atom. The highest BCUT2D eigenvalue weighted by atomic mass is 35.5. The third-order valence-corrected chi connectivity index (χ3v) is 6.73. The highest BCUT2D eigenvalue weighted by molar-refractivity contribution is 6.31. The molecule has 2 aliphatic rings. The number of rotatable bonds is 3. The second kappa shape index (κ2) is 7.47. The Bertz CT molecular complexity index is 1080. The minimum absolute atomic E-state index is 0.0989. The van der Waals surface area contributed by atoms with E-state index >= 15 is 4.39 Å². The summed E-state index contributed by atoms with van der Waals surface area (Å²) in [5.74, 6) is -3.26. The summed E-state index contributed by atoms with van der Waals surface area (Å²) in [6.45, 7) is 6.04. The Labute approximate surface area is 189 Å². The third kappa shape index (κ3) is 3.41. The lowest BCUT2D eigenvalue weighted by Gasteiger charge is -2.37. The van der Waals surface area contributed by atoms with Crippen LogP contribution in [0.25, 0.3) is 0 Å². The van der Waals surface area contributed by atoms with Gasteiger partial charge in [-0.15, -0.1) is 0 Å². The molecule has 1 saturated heterocycles. The van der Waals surface area contributed by atoms with Crippen molar-refractivity contribution < 1.29 is 19.1 Å². The molecule has 1 spiro atoms. The van der Waals surface area contributed by atoms with Crippen molar-refractivity contribution in [2.24, 2.45) is 5.41 Å². The number of carbonyl (C=O) groups is 2. The first-order chi connectivity index (χ1) is 14.5. The van der Waals surface area contributed by atoms with E-state index in [1.807, 2.05) is 20.8 Å². The molecule has 0 radical (unpaired) electrons. The number of amides is 1. The standard InChI is InChI=1S/C23H23Cl2FN2O3/c1-22(2,3)10-16-23(13-8-7-11(24)9-15(13)27-21(23)31)17(19(28-16)20(29)30)12-5-4-6-14(25)18(12)26/h4-9,16-17,19,28H,10H2,1-3H3,(H,27,31)(H,29,30)/t16-,17-,19-,23+/m1/s1. The summed E-state index contributed by atoms with van der Waals surface area (Å²) < 4.78 is 15.3. The van der Waals surface area contributed by atoms with Crippen LogP contribution in [0.15, 0.2) is 36.4 Å². The number of hydrogen-bond donors (Lipinski definition) is 3. The van der Waals surface area contributed by atoms with Crippen molar-refractivity contribution in [2.45, 2.75) is 50.6 Å². The van der Waals surface area contributed by atoms with E-state index in [9.17, 15) is 14.7 Å². The molecule has 1 fully saturated rings. The quantitative estimate of drug-likeness (QED) is 0.599. The van der Waals surface area contributed by atoms with Gasteiger partial charge >= 0.3 is 5.97 Å². The van der Waals surface area contributed by atoms with E-state index in [4.69, 9.17) is 23.2 Å². The molecular formula is C23H23Cl2FN2O3. The second-order valence-electron chi connectivity index (χ2n) is 9.43. The Morgan fingerprint density at radius 1 is 1.23 bits per heavy atom. The summed E-state index contributed by atoms with van der Waals surface area (Å²) in [5, 5.41) is 16.4. The summed E-state index contributed by atoms with van der Waals surface area (Å²) in [4.78, 5) is 26.0. The van der Waals surface area contributed by atoms with E-state index in [0.717, 1.165) is 0 Å². The van der Waals surface area contributed by atoms with E-state index in [2.05, 4.69) is 10.6 Å². The zero-order valence-electron chi connectivity index (χ0n) is 17.3. The minimum atomic E-state index is -1.35. The highest BCUT2D eigenvalue weighted by Gasteiger charge is 2.66. The van der Waals surface area contributed by atoms with Crippen LogP contribution in [0.4, 0.5) is 10.1 Å². The molecule has 0 unspecified atom stereocenters. The molecular weight excluding hydrogens is 442 g/mol. The average Bonchev–Trinajstić information content (AvgIpc) is 3.12. The number of hydrogen-bond acceptors (Lipinski definition) is 3. The van der Waals surface area contributed by atoms with Crippen LogP contribution in [-0.2, 0) is 15.0 Å². The number of carboxylic acid groups (broad SMARTS) is 1. The van der Waals surface area contributed by atoms with Gasteiger partial charge in [-0.05, 0) is 41.2 Å². The number of fused-ring (bicyclic) bond motifs is 2. The van der Waals surface area contributed by atoms with E-state index in [-0.39, 0.29) is 21.9 Å². The highest BCUT2D eigenvalue weighted by Crippen LogP contribution is 2.57. The van der Waals surface area contributed by atoms with Crippen LogP contribution in [-0.4, -0.2) is 29.1 Å². The first kappa shape index (κ1) is 22.1. The van der Waals surface area contributed by atoms with Gasteiger partial charge in [0.05, 0.1) is 5.02 Å². The van der Waals surface area contributed by atoms with Crippen molar-refractivity contribution >= 4 is 40.8 Å². The molecule has 1 amide bonds. The molecule has 31 heavy (non-hydrogen) atoms. The van der Waals surface area contributed by atoms with Gasteiger partial charge in [-0.1, -0.05) is 62.2 Å². The zero-order chi connectivity index (χ0) is 22.7. The molecule has 8 heteroatoms. The van der Waals surface area contributed by atoms with E-state index < -0.39 is 35.2 Å². The molecule has 0 saturated carbocycles. The first-order valence-corrected chi connectivity index (χ1v) is 10.8. The molecule has 2 aromatic rings. The number of carbonyl (C=O) groups excluding carboxylic acids is 1. The zero-order valence-corrected chi connectivity index (χ0v) is 18.8. The minimum Gasteiger partial charge on any atom is -0.480 e. The Hall–Kier alpha value is -2.15. The monoisotopic (exact) mass is 464 g/mol. The molecule has 4 rings (SSSR count). The van der Waals surface area contributed by atoms with Crippen LogP contribution in [0.1, 0.15) is 44.2 Å². The normalized spacial score (nSPS) is 27.4. The fraction of sp³-hybridized carbons (Fsp3) is 0.391. The van der Waals surface area contributed by atoms with E-state index in [0.29, 0.717) is 22.7 Å². The maximum Gasteiger partial charge on any atom is 0.321 e. The van der Waals surface area contributed by atoms with Gasteiger partial charge in [-0.3, -0.25) is 14.9 Å². The molecule has 2 aliphatic heterocycles. The summed E-state index contributed by atoms with van der Waals surface area (Å²) in [7, 11) is 0. The van der Waals surface area contributed by atoms with Crippen molar-refractivity contribution in [3.05, 3.63) is 63.4 Å². The largest absolute Gasteiger partial charge is 0.480 e. The van der Waals surface area contributed by atoms with Crippen LogP contribution in [0.3, 0.4) is 0 Å². The maximum atomic E-state index is 15.3. The second-order valence-corrected chi connectivity index (χ2v) is 10.3. The average molecular weight is 465 g/mol.